The monoisotopic (exact) mass is 425 g/mol. The first kappa shape index (κ1) is 20.7. The molecule has 3 heterocycles. The second kappa shape index (κ2) is 8.68. The fourth-order valence-electron chi connectivity index (χ4n) is 4.33. The van der Waals surface area contributed by atoms with Gasteiger partial charge in [-0.3, -0.25) is 4.79 Å². The Balaban J connectivity index is 1.76. The van der Waals surface area contributed by atoms with Crippen molar-refractivity contribution in [3.05, 3.63) is 57.8 Å². The van der Waals surface area contributed by atoms with Crippen LogP contribution in [0.5, 0.6) is 0 Å². The summed E-state index contributed by atoms with van der Waals surface area (Å²) >= 11 is 1.52. The zero-order valence-corrected chi connectivity index (χ0v) is 18.5. The highest BCUT2D eigenvalue weighted by atomic mass is 32.2. The van der Waals surface area contributed by atoms with Crippen LogP contribution in [0.3, 0.4) is 0 Å². The predicted octanol–water partition coefficient (Wildman–Crippen LogP) is 4.15. The van der Waals surface area contributed by atoms with Crippen LogP contribution < -0.4 is 0 Å². The van der Waals surface area contributed by atoms with Gasteiger partial charge < -0.3 is 14.5 Å². The number of amides is 1. The maximum Gasteiger partial charge on any atom is 0.338 e. The number of ether oxygens (including phenoxy) is 1. The van der Waals surface area contributed by atoms with Crippen molar-refractivity contribution in [2.75, 3.05) is 20.2 Å². The molecule has 0 spiro atoms. The van der Waals surface area contributed by atoms with Crippen molar-refractivity contribution < 1.29 is 14.3 Å². The molecular formula is C23H27N3O3S. The molecule has 1 aromatic rings. The first-order chi connectivity index (χ1) is 14.5. The topological polar surface area (TPSA) is 62.2 Å². The van der Waals surface area contributed by atoms with Gasteiger partial charge in [-0.15, -0.1) is 0 Å². The van der Waals surface area contributed by atoms with Crippen molar-refractivity contribution in [1.29, 1.82) is 0 Å². The molecule has 0 saturated carbocycles. The van der Waals surface area contributed by atoms with Gasteiger partial charge in [-0.05, 0) is 42.7 Å². The number of fused-ring (bicyclic) bond motifs is 1. The summed E-state index contributed by atoms with van der Waals surface area (Å²) in [6.07, 6.45) is 3.07. The zero-order valence-electron chi connectivity index (χ0n) is 17.7. The molecule has 0 aliphatic carbocycles. The summed E-state index contributed by atoms with van der Waals surface area (Å²) in [6, 6.07) is 7.71. The van der Waals surface area contributed by atoms with E-state index < -0.39 is 0 Å². The first-order valence-electron chi connectivity index (χ1n) is 10.4. The van der Waals surface area contributed by atoms with E-state index in [1.54, 1.807) is 0 Å². The predicted molar refractivity (Wildman–Crippen MR) is 119 cm³/mol. The van der Waals surface area contributed by atoms with Gasteiger partial charge in [0.15, 0.2) is 5.17 Å². The van der Waals surface area contributed by atoms with E-state index in [0.717, 1.165) is 53.6 Å². The average Bonchev–Trinajstić information content (AvgIpc) is 3.43. The average molecular weight is 426 g/mol. The molecule has 0 bridgehead atoms. The molecule has 3 aliphatic rings. The van der Waals surface area contributed by atoms with Crippen molar-refractivity contribution in [3.8, 4) is 0 Å². The number of nitrogens with zero attached hydrogens (tertiary/aromatic N) is 3. The number of aryl methyl sites for hydroxylation is 1. The molecule has 0 N–H and O–H groups in total. The Kier molecular flexibility index (Phi) is 5.99. The summed E-state index contributed by atoms with van der Waals surface area (Å²) in [7, 11) is 1.41. The standard InChI is InChI=1S/C23H27N3O3S/c1-4-18-20(22(28)29-3)21(17-10-6-5-9-15(17)2)26-16(14-30-23(26)24-18)13-19(27)25-11-7-8-12-25/h5-6,9-10,14,21H,4,7-8,11-13H2,1-3H3/t21-/m1/s1. The van der Waals surface area contributed by atoms with E-state index in [-0.39, 0.29) is 17.9 Å². The number of likely N-dealkylation sites (tertiary alicyclic amines) is 1. The Morgan fingerprint density at radius 1 is 1.23 bits per heavy atom. The van der Waals surface area contributed by atoms with E-state index >= 15 is 0 Å². The number of carbonyl (C=O) groups is 2. The number of amidine groups is 1. The number of carbonyl (C=O) groups excluding carboxylic acids is 2. The number of allylic oxidation sites excluding steroid dienone is 1. The third-order valence-corrected chi connectivity index (χ3v) is 6.79. The van der Waals surface area contributed by atoms with Crippen LogP contribution in [0.15, 0.2) is 51.6 Å². The lowest BCUT2D eigenvalue weighted by Crippen LogP contribution is -2.38. The van der Waals surface area contributed by atoms with E-state index in [4.69, 9.17) is 9.73 Å². The van der Waals surface area contributed by atoms with E-state index in [1.807, 2.05) is 48.4 Å². The molecule has 1 fully saturated rings. The number of esters is 1. The molecule has 0 aromatic heterocycles. The van der Waals surface area contributed by atoms with Crippen LogP contribution >= 0.6 is 11.8 Å². The van der Waals surface area contributed by atoms with E-state index in [0.29, 0.717) is 18.4 Å². The van der Waals surface area contributed by atoms with Crippen LogP contribution in [0.4, 0.5) is 0 Å². The molecule has 0 radical (unpaired) electrons. The van der Waals surface area contributed by atoms with Gasteiger partial charge in [0, 0.05) is 18.8 Å². The second-order valence-corrected chi connectivity index (χ2v) is 8.56. The number of hydrogen-bond donors (Lipinski definition) is 0. The minimum Gasteiger partial charge on any atom is -0.466 e. The van der Waals surface area contributed by atoms with Crippen LogP contribution in [0, 0.1) is 6.92 Å². The van der Waals surface area contributed by atoms with Gasteiger partial charge in [0.25, 0.3) is 0 Å². The SMILES string of the molecule is CCC1=C(C(=O)OC)[C@@H](c2ccccc2C)N2C(CC(=O)N3CCCC3)=CSC2=N1. The minimum atomic E-state index is -0.370. The van der Waals surface area contributed by atoms with Gasteiger partial charge in [0.2, 0.25) is 5.91 Å². The molecule has 158 valence electrons. The largest absolute Gasteiger partial charge is 0.466 e. The Morgan fingerprint density at radius 2 is 1.97 bits per heavy atom. The maximum atomic E-state index is 12.9. The summed E-state index contributed by atoms with van der Waals surface area (Å²) in [5.74, 6) is -0.237. The third kappa shape index (κ3) is 3.67. The molecule has 1 atom stereocenters. The van der Waals surface area contributed by atoms with Crippen molar-refractivity contribution in [2.45, 2.75) is 45.6 Å². The molecular weight excluding hydrogens is 398 g/mol. The van der Waals surface area contributed by atoms with Gasteiger partial charge >= 0.3 is 5.97 Å². The lowest BCUT2D eigenvalue weighted by Gasteiger charge is -2.37. The summed E-state index contributed by atoms with van der Waals surface area (Å²) < 4.78 is 5.17. The quantitative estimate of drug-likeness (QED) is 0.664. The van der Waals surface area contributed by atoms with Gasteiger partial charge in [0.1, 0.15) is 0 Å². The highest BCUT2D eigenvalue weighted by Crippen LogP contribution is 2.46. The Morgan fingerprint density at radius 3 is 2.63 bits per heavy atom. The summed E-state index contributed by atoms with van der Waals surface area (Å²) in [6.45, 7) is 5.70. The lowest BCUT2D eigenvalue weighted by atomic mass is 9.90. The fourth-order valence-corrected chi connectivity index (χ4v) is 5.27. The molecule has 4 rings (SSSR count). The number of rotatable bonds is 5. The normalized spacial score (nSPS) is 20.8. The highest BCUT2D eigenvalue weighted by Gasteiger charge is 2.42. The molecule has 1 amide bonds. The molecule has 1 saturated heterocycles. The third-order valence-electron chi connectivity index (χ3n) is 5.90. The Bertz CT molecular complexity index is 960. The van der Waals surface area contributed by atoms with Crippen LogP contribution in [0.2, 0.25) is 0 Å². The van der Waals surface area contributed by atoms with Gasteiger partial charge in [0.05, 0.1) is 30.8 Å². The summed E-state index contributed by atoms with van der Waals surface area (Å²) in [5, 5.41) is 2.82. The van der Waals surface area contributed by atoms with E-state index in [9.17, 15) is 9.59 Å². The Labute approximate surface area is 181 Å². The maximum absolute atomic E-state index is 12.9. The molecule has 1 aromatic carbocycles. The molecule has 7 heteroatoms. The molecule has 30 heavy (non-hydrogen) atoms. The Hall–Kier alpha value is -2.54. The van der Waals surface area contributed by atoms with Crippen molar-refractivity contribution in [3.63, 3.8) is 0 Å². The number of hydrogen-bond acceptors (Lipinski definition) is 6. The van der Waals surface area contributed by atoms with Gasteiger partial charge in [-0.2, -0.15) is 0 Å². The molecule has 3 aliphatic heterocycles. The van der Waals surface area contributed by atoms with Crippen molar-refractivity contribution in [2.24, 2.45) is 4.99 Å². The van der Waals surface area contributed by atoms with Crippen molar-refractivity contribution >= 4 is 28.8 Å². The number of benzene rings is 1. The smallest absolute Gasteiger partial charge is 0.338 e. The highest BCUT2D eigenvalue weighted by molar-refractivity contribution is 8.16. The van der Waals surface area contributed by atoms with Crippen LogP contribution in [-0.4, -0.2) is 47.0 Å². The number of thioether (sulfide) groups is 1. The summed E-state index contributed by atoms with van der Waals surface area (Å²) in [5.41, 5.74) is 4.30. The summed E-state index contributed by atoms with van der Waals surface area (Å²) in [4.78, 5) is 34.5. The number of methoxy groups -OCH3 is 1. The molecule has 0 unspecified atom stereocenters. The molecule has 6 nitrogen and oxygen atoms in total. The lowest BCUT2D eigenvalue weighted by molar-refractivity contribution is -0.136. The van der Waals surface area contributed by atoms with Crippen LogP contribution in [-0.2, 0) is 14.3 Å². The van der Waals surface area contributed by atoms with E-state index in [1.165, 1.54) is 18.9 Å². The fraction of sp³-hybridized carbons (Fsp3) is 0.435. The van der Waals surface area contributed by atoms with E-state index in [2.05, 4.69) is 4.90 Å². The van der Waals surface area contributed by atoms with Crippen molar-refractivity contribution in [1.82, 2.24) is 9.80 Å². The second-order valence-electron chi connectivity index (χ2n) is 7.72. The first-order valence-corrected chi connectivity index (χ1v) is 11.3. The zero-order chi connectivity index (χ0) is 21.3. The van der Waals surface area contributed by atoms with Crippen LogP contribution in [0.1, 0.15) is 49.8 Å². The number of aliphatic imine (C=N–C) groups is 1. The van der Waals surface area contributed by atoms with Gasteiger partial charge in [-0.25, -0.2) is 9.79 Å². The van der Waals surface area contributed by atoms with Gasteiger partial charge in [-0.1, -0.05) is 43.0 Å². The van der Waals surface area contributed by atoms with Crippen LogP contribution in [0.25, 0.3) is 0 Å². The minimum absolute atomic E-state index is 0.133.